The van der Waals surface area contributed by atoms with E-state index in [0.717, 1.165) is 6.07 Å². The molecule has 94 valence electrons. The Morgan fingerprint density at radius 2 is 2.18 bits per heavy atom. The van der Waals surface area contributed by atoms with Crippen molar-refractivity contribution in [1.29, 1.82) is 0 Å². The smallest absolute Gasteiger partial charge is 0.235 e. The maximum absolute atomic E-state index is 13.1. The summed E-state index contributed by atoms with van der Waals surface area (Å²) in [5, 5.41) is 0. The van der Waals surface area contributed by atoms with Crippen LogP contribution in [0.3, 0.4) is 0 Å². The van der Waals surface area contributed by atoms with E-state index in [-0.39, 0.29) is 22.2 Å². The van der Waals surface area contributed by atoms with E-state index in [1.807, 2.05) is 6.92 Å². The number of nitrogen functional groups attached to an aromatic ring is 1. The lowest BCUT2D eigenvalue weighted by Crippen LogP contribution is -2.30. The normalized spacial score (nSPS) is 12.2. The summed E-state index contributed by atoms with van der Waals surface area (Å²) in [5.74, 6) is -0.997. The fourth-order valence-electron chi connectivity index (χ4n) is 1.13. The molecule has 0 radical (unpaired) electrons. The number of hydrogen-bond donors (Lipinski definition) is 1. The Hall–Kier alpha value is -1.43. The van der Waals surface area contributed by atoms with Crippen LogP contribution in [0.15, 0.2) is 23.1 Å². The van der Waals surface area contributed by atoms with E-state index >= 15 is 0 Å². The van der Waals surface area contributed by atoms with Gasteiger partial charge in [0.2, 0.25) is 5.91 Å². The van der Waals surface area contributed by atoms with Crippen LogP contribution in [0.25, 0.3) is 0 Å². The van der Waals surface area contributed by atoms with Gasteiger partial charge in [0.1, 0.15) is 11.6 Å². The molecule has 0 spiro atoms. The Labute approximate surface area is 102 Å². The molecule has 17 heavy (non-hydrogen) atoms. The minimum atomic E-state index is -1.54. The number of rotatable bonds is 4. The van der Waals surface area contributed by atoms with Crippen molar-refractivity contribution in [2.75, 3.05) is 25.1 Å². The van der Waals surface area contributed by atoms with E-state index in [1.54, 1.807) is 7.05 Å². The van der Waals surface area contributed by atoms with Crippen molar-refractivity contribution in [3.05, 3.63) is 24.0 Å². The quantitative estimate of drug-likeness (QED) is 0.819. The molecule has 2 N–H and O–H groups in total. The molecule has 1 amide bonds. The van der Waals surface area contributed by atoms with Gasteiger partial charge in [-0.3, -0.25) is 9.00 Å². The molecule has 1 unspecified atom stereocenters. The predicted molar refractivity (Wildman–Crippen MR) is 65.4 cm³/mol. The molecule has 0 aliphatic rings. The molecule has 0 saturated carbocycles. The molecule has 1 aromatic rings. The molecule has 6 heteroatoms. The second-order valence-corrected chi connectivity index (χ2v) is 5.03. The van der Waals surface area contributed by atoms with Gasteiger partial charge in [-0.25, -0.2) is 4.39 Å². The molecule has 0 aliphatic heterocycles. The Kier molecular flexibility index (Phi) is 4.62. The predicted octanol–water partition coefficient (Wildman–Crippen LogP) is 0.994. The van der Waals surface area contributed by atoms with E-state index in [1.165, 1.54) is 17.0 Å². The molecular formula is C11H15FN2O2S. The summed E-state index contributed by atoms with van der Waals surface area (Å²) >= 11 is 0. The zero-order valence-electron chi connectivity index (χ0n) is 9.77. The van der Waals surface area contributed by atoms with E-state index in [2.05, 4.69) is 0 Å². The Morgan fingerprint density at radius 1 is 1.53 bits per heavy atom. The van der Waals surface area contributed by atoms with Crippen LogP contribution in [0.1, 0.15) is 6.92 Å². The number of halogens is 1. The summed E-state index contributed by atoms with van der Waals surface area (Å²) < 4.78 is 24.9. The highest BCUT2D eigenvalue weighted by Gasteiger charge is 2.14. The van der Waals surface area contributed by atoms with Crippen molar-refractivity contribution in [3.8, 4) is 0 Å². The van der Waals surface area contributed by atoms with Gasteiger partial charge < -0.3 is 10.6 Å². The number of nitrogens with two attached hydrogens (primary N) is 1. The second kappa shape index (κ2) is 5.77. The van der Waals surface area contributed by atoms with Gasteiger partial charge in [0, 0.05) is 18.5 Å². The number of hydrogen-bond acceptors (Lipinski definition) is 3. The fourth-order valence-corrected chi connectivity index (χ4v) is 2.20. The van der Waals surface area contributed by atoms with Crippen molar-refractivity contribution in [3.63, 3.8) is 0 Å². The minimum Gasteiger partial charge on any atom is -0.396 e. The molecule has 0 aliphatic carbocycles. The summed E-state index contributed by atoms with van der Waals surface area (Å²) in [6.07, 6.45) is 0. The summed E-state index contributed by atoms with van der Waals surface area (Å²) in [7, 11) is 0.0871. The average molecular weight is 258 g/mol. The minimum absolute atomic E-state index is 0.00255. The van der Waals surface area contributed by atoms with Crippen molar-refractivity contribution < 1.29 is 13.4 Å². The van der Waals surface area contributed by atoms with E-state index < -0.39 is 16.6 Å². The van der Waals surface area contributed by atoms with Gasteiger partial charge >= 0.3 is 0 Å². The van der Waals surface area contributed by atoms with Crippen LogP contribution in [0.2, 0.25) is 0 Å². The monoisotopic (exact) mass is 258 g/mol. The summed E-state index contributed by atoms with van der Waals surface area (Å²) in [6.45, 7) is 2.37. The zero-order chi connectivity index (χ0) is 13.0. The number of carbonyl (C=O) groups excluding carboxylic acids is 1. The molecule has 0 saturated heterocycles. The molecule has 0 bridgehead atoms. The molecule has 0 heterocycles. The van der Waals surface area contributed by atoms with Crippen LogP contribution in [0, 0.1) is 5.82 Å². The Balaban J connectivity index is 2.77. The summed E-state index contributed by atoms with van der Waals surface area (Å²) in [6, 6.07) is 3.91. The van der Waals surface area contributed by atoms with Gasteiger partial charge in [0.05, 0.1) is 16.5 Å². The van der Waals surface area contributed by atoms with Gasteiger partial charge in [0.15, 0.2) is 0 Å². The molecule has 0 fully saturated rings. The largest absolute Gasteiger partial charge is 0.396 e. The van der Waals surface area contributed by atoms with E-state index in [4.69, 9.17) is 5.73 Å². The summed E-state index contributed by atoms with van der Waals surface area (Å²) in [4.78, 5) is 13.3. The Morgan fingerprint density at radius 3 is 2.71 bits per heavy atom. The molecule has 4 nitrogen and oxygen atoms in total. The van der Waals surface area contributed by atoms with Gasteiger partial charge in [0.25, 0.3) is 0 Å². The Bertz CT molecular complexity index is 451. The third-order valence-electron chi connectivity index (χ3n) is 2.39. The maximum Gasteiger partial charge on any atom is 0.235 e. The lowest BCUT2D eigenvalue weighted by molar-refractivity contribution is -0.126. The first-order chi connectivity index (χ1) is 7.95. The average Bonchev–Trinajstić information content (AvgIpc) is 2.31. The van der Waals surface area contributed by atoms with Gasteiger partial charge in [-0.1, -0.05) is 0 Å². The second-order valence-electron chi connectivity index (χ2n) is 3.58. The van der Waals surface area contributed by atoms with Crippen molar-refractivity contribution >= 4 is 22.4 Å². The standard InChI is InChI=1S/C11H15FN2O2S/c1-3-14(2)11(15)7-17(16)8-4-5-10(13)9(12)6-8/h4-6H,3,7,13H2,1-2H3. The van der Waals surface area contributed by atoms with Gasteiger partial charge in [-0.05, 0) is 25.1 Å². The fraction of sp³-hybridized carbons (Fsp3) is 0.364. The third-order valence-corrected chi connectivity index (χ3v) is 3.68. The van der Waals surface area contributed by atoms with Crippen LogP contribution in [0.4, 0.5) is 10.1 Å². The first-order valence-electron chi connectivity index (χ1n) is 5.13. The molecule has 1 atom stereocenters. The highest BCUT2D eigenvalue weighted by molar-refractivity contribution is 7.85. The van der Waals surface area contributed by atoms with Crippen LogP contribution >= 0.6 is 0 Å². The molecule has 1 aromatic carbocycles. The number of benzene rings is 1. The number of amides is 1. The summed E-state index contributed by atoms with van der Waals surface area (Å²) in [5.41, 5.74) is 5.31. The van der Waals surface area contributed by atoms with Crippen molar-refractivity contribution in [2.45, 2.75) is 11.8 Å². The third kappa shape index (κ3) is 3.52. The highest BCUT2D eigenvalue weighted by atomic mass is 32.2. The van der Waals surface area contributed by atoms with Gasteiger partial charge in [-0.15, -0.1) is 0 Å². The van der Waals surface area contributed by atoms with E-state index in [9.17, 15) is 13.4 Å². The van der Waals surface area contributed by atoms with Crippen molar-refractivity contribution in [1.82, 2.24) is 4.90 Å². The van der Waals surface area contributed by atoms with Crippen LogP contribution in [-0.2, 0) is 15.6 Å². The molecule has 1 rings (SSSR count). The van der Waals surface area contributed by atoms with E-state index in [0.29, 0.717) is 6.54 Å². The SMILES string of the molecule is CCN(C)C(=O)CS(=O)c1ccc(N)c(F)c1. The first kappa shape index (κ1) is 13.6. The number of nitrogens with zero attached hydrogens (tertiary/aromatic N) is 1. The lowest BCUT2D eigenvalue weighted by Gasteiger charge is -2.13. The first-order valence-corrected chi connectivity index (χ1v) is 6.45. The van der Waals surface area contributed by atoms with Crippen LogP contribution in [0.5, 0.6) is 0 Å². The topological polar surface area (TPSA) is 63.4 Å². The number of carbonyl (C=O) groups is 1. The van der Waals surface area contributed by atoms with Crippen molar-refractivity contribution in [2.24, 2.45) is 0 Å². The lowest BCUT2D eigenvalue weighted by atomic mass is 10.3. The highest BCUT2D eigenvalue weighted by Crippen LogP contribution is 2.15. The maximum atomic E-state index is 13.1. The number of anilines is 1. The van der Waals surface area contributed by atoms with Crippen LogP contribution in [-0.4, -0.2) is 34.4 Å². The van der Waals surface area contributed by atoms with Gasteiger partial charge in [-0.2, -0.15) is 0 Å². The molecular weight excluding hydrogens is 243 g/mol. The van der Waals surface area contributed by atoms with Crippen LogP contribution < -0.4 is 5.73 Å². The molecule has 0 aromatic heterocycles. The zero-order valence-corrected chi connectivity index (χ0v) is 10.6.